The summed E-state index contributed by atoms with van der Waals surface area (Å²) in [4.78, 5) is 0. The molecule has 0 aliphatic carbocycles. The third-order valence-corrected chi connectivity index (χ3v) is 5.16. The highest BCUT2D eigenvalue weighted by molar-refractivity contribution is 9.10. The minimum Gasteiger partial charge on any atom is -0.207 e. The molecule has 0 aliphatic heterocycles. The normalized spacial score (nSPS) is 12.8. The highest BCUT2D eigenvalue weighted by Crippen LogP contribution is 2.40. The van der Waals surface area contributed by atoms with Crippen molar-refractivity contribution in [2.75, 3.05) is 0 Å². The molecule has 1 atom stereocenters. The molecule has 0 fully saturated rings. The largest absolute Gasteiger partial charge is 0.207 e. The van der Waals surface area contributed by atoms with Crippen molar-refractivity contribution in [2.24, 2.45) is 0 Å². The monoisotopic (exact) mass is 354 g/mol. The Morgan fingerprint density at radius 1 is 1.11 bits per heavy atom. The van der Waals surface area contributed by atoms with Gasteiger partial charge in [-0.1, -0.05) is 40.2 Å². The quantitative estimate of drug-likeness (QED) is 0.485. The van der Waals surface area contributed by atoms with Gasteiger partial charge in [0.2, 0.25) is 0 Å². The summed E-state index contributed by atoms with van der Waals surface area (Å²) < 4.78 is 15.8. The molecule has 3 aromatic rings. The molecule has 2 aromatic carbocycles. The third-order valence-electron chi connectivity index (χ3n) is 3.04. The van der Waals surface area contributed by atoms with Gasteiger partial charge < -0.3 is 0 Å². The van der Waals surface area contributed by atoms with Crippen LogP contribution in [0.3, 0.4) is 0 Å². The molecule has 1 unspecified atom stereocenters. The highest BCUT2D eigenvalue weighted by Gasteiger charge is 2.21. The van der Waals surface area contributed by atoms with Gasteiger partial charge in [-0.05, 0) is 34.5 Å². The number of hydrogen-bond acceptors (Lipinski definition) is 1. The zero-order valence-electron chi connectivity index (χ0n) is 9.74. The predicted molar refractivity (Wildman–Crippen MR) is 83.6 cm³/mol. The molecule has 4 heteroatoms. The molecular formula is C15H9BrClFS. The number of hydrogen-bond donors (Lipinski definition) is 0. The lowest BCUT2D eigenvalue weighted by atomic mass is 10.0. The summed E-state index contributed by atoms with van der Waals surface area (Å²) in [5, 5.41) is 2.59. The third kappa shape index (κ3) is 2.31. The van der Waals surface area contributed by atoms with Crippen molar-refractivity contribution in [1.29, 1.82) is 0 Å². The van der Waals surface area contributed by atoms with Crippen molar-refractivity contribution in [3.63, 3.8) is 0 Å². The molecule has 0 radical (unpaired) electrons. The van der Waals surface area contributed by atoms with E-state index in [-0.39, 0.29) is 5.82 Å². The molecule has 0 N–H and O–H groups in total. The number of benzene rings is 2. The zero-order chi connectivity index (χ0) is 13.4. The van der Waals surface area contributed by atoms with Crippen molar-refractivity contribution in [3.05, 3.63) is 69.3 Å². The summed E-state index contributed by atoms with van der Waals surface area (Å²) in [6.45, 7) is 0. The summed E-state index contributed by atoms with van der Waals surface area (Å²) in [5.41, 5.74) is 1.45. The van der Waals surface area contributed by atoms with E-state index in [9.17, 15) is 4.39 Å². The van der Waals surface area contributed by atoms with E-state index in [2.05, 4.69) is 15.9 Å². The van der Waals surface area contributed by atoms with Gasteiger partial charge in [-0.15, -0.1) is 22.9 Å². The molecule has 0 bridgehead atoms. The molecule has 96 valence electrons. The van der Waals surface area contributed by atoms with Crippen molar-refractivity contribution in [2.45, 2.75) is 5.38 Å². The van der Waals surface area contributed by atoms with Crippen LogP contribution in [-0.4, -0.2) is 0 Å². The number of halogens is 3. The van der Waals surface area contributed by atoms with E-state index < -0.39 is 5.38 Å². The lowest BCUT2D eigenvalue weighted by Crippen LogP contribution is -1.97. The summed E-state index contributed by atoms with van der Waals surface area (Å²) in [6, 6.07) is 12.9. The van der Waals surface area contributed by atoms with Gasteiger partial charge in [0.25, 0.3) is 0 Å². The molecule has 0 spiro atoms. The van der Waals surface area contributed by atoms with Crippen molar-refractivity contribution in [3.8, 4) is 0 Å². The molecule has 0 aliphatic rings. The highest BCUT2D eigenvalue weighted by atomic mass is 79.9. The lowest BCUT2D eigenvalue weighted by molar-refractivity contribution is 0.611. The number of alkyl halides is 1. The lowest BCUT2D eigenvalue weighted by Gasteiger charge is -2.12. The van der Waals surface area contributed by atoms with E-state index in [4.69, 9.17) is 11.6 Å². The molecule has 0 amide bonds. The number of fused-ring (bicyclic) bond motifs is 1. The summed E-state index contributed by atoms with van der Waals surface area (Å²) in [7, 11) is 0. The maximum atomic E-state index is 14.0. The number of rotatable bonds is 2. The van der Waals surface area contributed by atoms with E-state index in [1.54, 1.807) is 17.4 Å². The van der Waals surface area contributed by atoms with E-state index in [0.29, 0.717) is 10.0 Å². The first-order chi connectivity index (χ1) is 9.18. The molecular weight excluding hydrogens is 347 g/mol. The molecule has 3 rings (SSSR count). The van der Waals surface area contributed by atoms with Crippen LogP contribution in [0.15, 0.2) is 52.3 Å². The van der Waals surface area contributed by atoms with Gasteiger partial charge in [0.1, 0.15) is 5.82 Å². The van der Waals surface area contributed by atoms with Crippen LogP contribution < -0.4 is 0 Å². The maximum absolute atomic E-state index is 14.0. The second-order valence-corrected chi connectivity index (χ2v) is 6.39. The second kappa shape index (κ2) is 5.23. The molecule has 1 aromatic heterocycles. The Morgan fingerprint density at radius 3 is 2.68 bits per heavy atom. The van der Waals surface area contributed by atoms with Gasteiger partial charge in [0, 0.05) is 14.7 Å². The van der Waals surface area contributed by atoms with Gasteiger partial charge >= 0.3 is 0 Å². The Labute approximate surface area is 128 Å². The first kappa shape index (κ1) is 13.1. The second-order valence-electron chi connectivity index (χ2n) is 4.19. The smallest absolute Gasteiger partial charge is 0.129 e. The fraction of sp³-hybridized carbons (Fsp3) is 0.0667. The molecule has 1 heterocycles. The molecule has 0 saturated heterocycles. The Kier molecular flexibility index (Phi) is 3.61. The van der Waals surface area contributed by atoms with Crippen LogP contribution in [0, 0.1) is 5.82 Å². The van der Waals surface area contributed by atoms with E-state index in [1.165, 1.54) is 6.07 Å². The first-order valence-corrected chi connectivity index (χ1v) is 7.83. The van der Waals surface area contributed by atoms with Crippen molar-refractivity contribution < 1.29 is 4.39 Å². The standard InChI is InChI=1S/C15H9BrClFS/c16-11-5-3-6-12(18)14(11)15(17)10-8-19-13-7-2-1-4-9(10)13/h1-8,15H. The van der Waals surface area contributed by atoms with Crippen LogP contribution >= 0.6 is 38.9 Å². The summed E-state index contributed by atoms with van der Waals surface area (Å²) >= 11 is 11.5. The van der Waals surface area contributed by atoms with Gasteiger partial charge in [-0.2, -0.15) is 0 Å². The van der Waals surface area contributed by atoms with Gasteiger partial charge in [-0.25, -0.2) is 4.39 Å². The topological polar surface area (TPSA) is 0 Å². The van der Waals surface area contributed by atoms with Gasteiger partial charge in [0.15, 0.2) is 0 Å². The zero-order valence-corrected chi connectivity index (χ0v) is 12.9. The number of thiophene rings is 1. The Hall–Kier alpha value is -0.900. The minimum absolute atomic E-state index is 0.287. The first-order valence-electron chi connectivity index (χ1n) is 5.72. The van der Waals surface area contributed by atoms with E-state index in [1.807, 2.05) is 35.7 Å². The van der Waals surface area contributed by atoms with Crippen LogP contribution in [0.2, 0.25) is 0 Å². The van der Waals surface area contributed by atoms with Crippen molar-refractivity contribution >= 4 is 49.0 Å². The van der Waals surface area contributed by atoms with Gasteiger partial charge in [0.05, 0.1) is 5.38 Å². The van der Waals surface area contributed by atoms with E-state index in [0.717, 1.165) is 15.6 Å². The predicted octanol–water partition coefficient (Wildman–Crippen LogP) is 6.13. The van der Waals surface area contributed by atoms with E-state index >= 15 is 0 Å². The van der Waals surface area contributed by atoms with Gasteiger partial charge in [-0.3, -0.25) is 0 Å². The van der Waals surface area contributed by atoms with Crippen LogP contribution in [0.4, 0.5) is 4.39 Å². The average Bonchev–Trinajstić information content (AvgIpc) is 2.82. The van der Waals surface area contributed by atoms with Crippen LogP contribution in [0.25, 0.3) is 10.1 Å². The summed E-state index contributed by atoms with van der Waals surface area (Å²) in [5.74, 6) is -0.287. The Morgan fingerprint density at radius 2 is 1.89 bits per heavy atom. The Bertz CT molecular complexity index is 718. The average molecular weight is 356 g/mol. The minimum atomic E-state index is -0.494. The SMILES string of the molecule is Fc1cccc(Br)c1C(Cl)c1csc2ccccc12. The maximum Gasteiger partial charge on any atom is 0.129 e. The molecule has 0 saturated carbocycles. The van der Waals surface area contributed by atoms with Crippen LogP contribution in [0.5, 0.6) is 0 Å². The fourth-order valence-electron chi connectivity index (χ4n) is 2.10. The fourth-order valence-corrected chi connectivity index (χ4v) is 4.27. The molecule has 0 nitrogen and oxygen atoms in total. The van der Waals surface area contributed by atoms with Crippen LogP contribution in [0.1, 0.15) is 16.5 Å². The van der Waals surface area contributed by atoms with Crippen LogP contribution in [-0.2, 0) is 0 Å². The summed E-state index contributed by atoms with van der Waals surface area (Å²) in [6.07, 6.45) is 0. The molecule has 19 heavy (non-hydrogen) atoms. The Balaban J connectivity index is 2.16. The van der Waals surface area contributed by atoms with Crippen molar-refractivity contribution in [1.82, 2.24) is 0 Å².